The zero-order valence-corrected chi connectivity index (χ0v) is 10.4. The van der Waals surface area contributed by atoms with Crippen LogP contribution in [0.3, 0.4) is 0 Å². The van der Waals surface area contributed by atoms with E-state index >= 15 is 0 Å². The van der Waals surface area contributed by atoms with Crippen molar-refractivity contribution in [3.05, 3.63) is 24.3 Å². The van der Waals surface area contributed by atoms with Crippen LogP contribution in [0, 0.1) is 0 Å². The molecule has 3 heteroatoms. The molecule has 3 nitrogen and oxygen atoms in total. The van der Waals surface area contributed by atoms with Crippen molar-refractivity contribution in [3.8, 4) is 0 Å². The molecule has 0 aliphatic heterocycles. The monoisotopic (exact) mass is 232 g/mol. The molecule has 2 rings (SSSR count). The van der Waals surface area contributed by atoms with Gasteiger partial charge in [0.2, 0.25) is 5.91 Å². The zero-order valence-electron chi connectivity index (χ0n) is 10.4. The Labute approximate surface area is 103 Å². The van der Waals surface area contributed by atoms with E-state index < -0.39 is 0 Å². The molecule has 1 saturated carbocycles. The Morgan fingerprint density at radius 2 is 1.76 bits per heavy atom. The van der Waals surface area contributed by atoms with Gasteiger partial charge in [-0.15, -0.1) is 0 Å². The van der Waals surface area contributed by atoms with Crippen LogP contribution in [0.25, 0.3) is 0 Å². The van der Waals surface area contributed by atoms with Gasteiger partial charge in [-0.3, -0.25) is 4.79 Å². The second kappa shape index (κ2) is 5.21. The van der Waals surface area contributed by atoms with Crippen molar-refractivity contribution < 1.29 is 4.79 Å². The van der Waals surface area contributed by atoms with Gasteiger partial charge >= 0.3 is 0 Å². The SMILES string of the molecule is CC(=O)N(c1ccc(N)cc1)C1CCCCC1. The average molecular weight is 232 g/mol. The third kappa shape index (κ3) is 2.78. The van der Waals surface area contributed by atoms with Crippen molar-refractivity contribution in [2.45, 2.75) is 45.1 Å². The lowest BCUT2D eigenvalue weighted by Crippen LogP contribution is -2.40. The first-order chi connectivity index (χ1) is 8.18. The van der Waals surface area contributed by atoms with Crippen LogP contribution >= 0.6 is 0 Å². The van der Waals surface area contributed by atoms with Crippen LogP contribution < -0.4 is 10.6 Å². The Kier molecular flexibility index (Phi) is 3.67. The number of nitrogens with zero attached hydrogens (tertiary/aromatic N) is 1. The fraction of sp³-hybridized carbons (Fsp3) is 0.500. The van der Waals surface area contributed by atoms with E-state index in [1.54, 1.807) is 6.92 Å². The fourth-order valence-corrected chi connectivity index (χ4v) is 2.62. The van der Waals surface area contributed by atoms with Crippen molar-refractivity contribution >= 4 is 17.3 Å². The summed E-state index contributed by atoms with van der Waals surface area (Å²) < 4.78 is 0. The molecule has 1 fully saturated rings. The minimum atomic E-state index is 0.127. The normalized spacial score (nSPS) is 16.8. The summed E-state index contributed by atoms with van der Waals surface area (Å²) in [5.74, 6) is 0.127. The number of hydrogen-bond donors (Lipinski definition) is 1. The molecule has 0 bridgehead atoms. The number of nitrogens with two attached hydrogens (primary N) is 1. The number of benzene rings is 1. The number of rotatable bonds is 2. The Morgan fingerprint density at radius 3 is 2.29 bits per heavy atom. The highest BCUT2D eigenvalue weighted by molar-refractivity contribution is 5.92. The lowest BCUT2D eigenvalue weighted by atomic mass is 9.93. The topological polar surface area (TPSA) is 46.3 Å². The summed E-state index contributed by atoms with van der Waals surface area (Å²) in [5.41, 5.74) is 7.39. The highest BCUT2D eigenvalue weighted by Gasteiger charge is 2.24. The lowest BCUT2D eigenvalue weighted by molar-refractivity contribution is -0.117. The van der Waals surface area contributed by atoms with E-state index in [-0.39, 0.29) is 5.91 Å². The lowest BCUT2D eigenvalue weighted by Gasteiger charge is -2.33. The Balaban J connectivity index is 2.21. The van der Waals surface area contributed by atoms with E-state index in [4.69, 9.17) is 5.73 Å². The molecule has 0 spiro atoms. The largest absolute Gasteiger partial charge is 0.399 e. The van der Waals surface area contributed by atoms with Gasteiger partial charge in [-0.05, 0) is 37.1 Å². The van der Waals surface area contributed by atoms with Gasteiger partial charge in [-0.25, -0.2) is 0 Å². The van der Waals surface area contributed by atoms with Crippen LogP contribution in [0.5, 0.6) is 0 Å². The summed E-state index contributed by atoms with van der Waals surface area (Å²) in [6.07, 6.45) is 5.98. The van der Waals surface area contributed by atoms with Crippen molar-refractivity contribution in [2.24, 2.45) is 0 Å². The third-order valence-electron chi connectivity index (χ3n) is 3.45. The maximum Gasteiger partial charge on any atom is 0.224 e. The molecule has 17 heavy (non-hydrogen) atoms. The summed E-state index contributed by atoms with van der Waals surface area (Å²) in [4.78, 5) is 13.8. The molecule has 0 saturated heterocycles. The molecule has 0 atom stereocenters. The van der Waals surface area contributed by atoms with E-state index in [1.165, 1.54) is 19.3 Å². The maximum atomic E-state index is 11.8. The van der Waals surface area contributed by atoms with Gasteiger partial charge in [0.15, 0.2) is 0 Å². The van der Waals surface area contributed by atoms with Crippen molar-refractivity contribution in [1.82, 2.24) is 0 Å². The molecule has 1 aliphatic carbocycles. The molecular formula is C14H20N2O. The van der Waals surface area contributed by atoms with Crippen LogP contribution in [0.2, 0.25) is 0 Å². The Hall–Kier alpha value is -1.51. The number of amides is 1. The first kappa shape index (κ1) is 12.0. The minimum absolute atomic E-state index is 0.127. The smallest absolute Gasteiger partial charge is 0.224 e. The third-order valence-corrected chi connectivity index (χ3v) is 3.45. The highest BCUT2D eigenvalue weighted by Crippen LogP contribution is 2.27. The molecule has 0 radical (unpaired) electrons. The van der Waals surface area contributed by atoms with E-state index in [2.05, 4.69) is 0 Å². The number of carbonyl (C=O) groups excluding carboxylic acids is 1. The van der Waals surface area contributed by atoms with Crippen molar-refractivity contribution in [3.63, 3.8) is 0 Å². The van der Waals surface area contributed by atoms with Gasteiger partial charge in [0.25, 0.3) is 0 Å². The number of carbonyl (C=O) groups is 1. The number of anilines is 2. The first-order valence-electron chi connectivity index (χ1n) is 6.34. The molecular weight excluding hydrogens is 212 g/mol. The summed E-state index contributed by atoms with van der Waals surface area (Å²) in [7, 11) is 0. The van der Waals surface area contributed by atoms with E-state index in [0.29, 0.717) is 6.04 Å². The van der Waals surface area contributed by atoms with E-state index in [9.17, 15) is 4.79 Å². The van der Waals surface area contributed by atoms with Crippen LogP contribution in [0.4, 0.5) is 11.4 Å². The highest BCUT2D eigenvalue weighted by atomic mass is 16.2. The second-order valence-electron chi connectivity index (χ2n) is 4.77. The van der Waals surface area contributed by atoms with Crippen LogP contribution in [0.1, 0.15) is 39.0 Å². The van der Waals surface area contributed by atoms with Gasteiger partial charge in [0, 0.05) is 24.3 Å². The summed E-state index contributed by atoms with van der Waals surface area (Å²) in [6.45, 7) is 1.64. The number of nitrogen functional groups attached to an aromatic ring is 1. The summed E-state index contributed by atoms with van der Waals surface area (Å²) in [6, 6.07) is 7.95. The fourth-order valence-electron chi connectivity index (χ4n) is 2.62. The quantitative estimate of drug-likeness (QED) is 0.797. The molecule has 92 valence electrons. The van der Waals surface area contributed by atoms with Crippen LogP contribution in [-0.4, -0.2) is 11.9 Å². The van der Waals surface area contributed by atoms with Crippen molar-refractivity contribution in [1.29, 1.82) is 0 Å². The van der Waals surface area contributed by atoms with E-state index in [0.717, 1.165) is 24.2 Å². The van der Waals surface area contributed by atoms with Crippen LogP contribution in [0.15, 0.2) is 24.3 Å². The van der Waals surface area contributed by atoms with Gasteiger partial charge in [0.1, 0.15) is 0 Å². The summed E-state index contributed by atoms with van der Waals surface area (Å²) >= 11 is 0. The second-order valence-corrected chi connectivity index (χ2v) is 4.77. The standard InChI is InChI=1S/C14H20N2O/c1-11(17)16(13-5-3-2-4-6-13)14-9-7-12(15)8-10-14/h7-10,13H,2-6,15H2,1H3. The molecule has 1 aromatic rings. The number of hydrogen-bond acceptors (Lipinski definition) is 2. The molecule has 0 aromatic heterocycles. The van der Waals surface area contributed by atoms with Gasteiger partial charge < -0.3 is 10.6 Å². The predicted octanol–water partition coefficient (Wildman–Crippen LogP) is 2.95. The molecule has 0 unspecified atom stereocenters. The zero-order chi connectivity index (χ0) is 12.3. The predicted molar refractivity (Wildman–Crippen MR) is 70.9 cm³/mol. The van der Waals surface area contributed by atoms with Crippen molar-refractivity contribution in [2.75, 3.05) is 10.6 Å². The van der Waals surface area contributed by atoms with Gasteiger partial charge in [-0.1, -0.05) is 19.3 Å². The molecule has 1 aliphatic rings. The van der Waals surface area contributed by atoms with Crippen LogP contribution in [-0.2, 0) is 4.79 Å². The van der Waals surface area contributed by atoms with Gasteiger partial charge in [0.05, 0.1) is 0 Å². The van der Waals surface area contributed by atoms with E-state index in [1.807, 2.05) is 29.2 Å². The first-order valence-corrected chi connectivity index (χ1v) is 6.34. The molecule has 2 N–H and O–H groups in total. The average Bonchev–Trinajstić information content (AvgIpc) is 2.33. The van der Waals surface area contributed by atoms with Gasteiger partial charge in [-0.2, -0.15) is 0 Å². The Bertz CT molecular complexity index is 380. The molecule has 0 heterocycles. The Morgan fingerprint density at radius 1 is 1.18 bits per heavy atom. The maximum absolute atomic E-state index is 11.8. The minimum Gasteiger partial charge on any atom is -0.399 e. The molecule has 1 amide bonds. The summed E-state index contributed by atoms with van der Waals surface area (Å²) in [5, 5.41) is 0. The molecule has 1 aromatic carbocycles.